The maximum Gasteiger partial charge on any atom is 0.407 e. The predicted octanol–water partition coefficient (Wildman–Crippen LogP) is 3.30. The summed E-state index contributed by atoms with van der Waals surface area (Å²) >= 11 is 0. The van der Waals surface area contributed by atoms with Gasteiger partial charge in [0.1, 0.15) is 18.8 Å². The van der Waals surface area contributed by atoms with E-state index in [0.717, 1.165) is 22.3 Å². The van der Waals surface area contributed by atoms with Gasteiger partial charge in [-0.05, 0) is 35.1 Å². The number of ether oxygens (including phenoxy) is 2. The van der Waals surface area contributed by atoms with Gasteiger partial charge in [0.05, 0.1) is 0 Å². The van der Waals surface area contributed by atoms with Crippen molar-refractivity contribution in [2.75, 3.05) is 19.8 Å². The number of amides is 2. The summed E-state index contributed by atoms with van der Waals surface area (Å²) in [6.45, 7) is 2.65. The second-order valence-electron chi connectivity index (χ2n) is 8.73. The Morgan fingerprint density at radius 3 is 2.35 bits per heavy atom. The molecule has 0 aromatic heterocycles. The molecule has 0 unspecified atom stereocenters. The fourth-order valence-corrected chi connectivity index (χ4v) is 4.80. The highest BCUT2D eigenvalue weighted by molar-refractivity contribution is 5.86. The van der Waals surface area contributed by atoms with Crippen LogP contribution in [0.15, 0.2) is 48.5 Å². The lowest BCUT2D eigenvalue weighted by Crippen LogP contribution is -2.48. The van der Waals surface area contributed by atoms with E-state index in [9.17, 15) is 19.5 Å². The van der Waals surface area contributed by atoms with Crippen LogP contribution in [0.3, 0.4) is 0 Å². The van der Waals surface area contributed by atoms with Crippen molar-refractivity contribution < 1.29 is 29.0 Å². The van der Waals surface area contributed by atoms with E-state index in [1.165, 1.54) is 0 Å². The molecule has 1 fully saturated rings. The average Bonchev–Trinajstić information content (AvgIpc) is 3.44. The monoisotopic (exact) mass is 466 g/mol. The van der Waals surface area contributed by atoms with Crippen molar-refractivity contribution in [1.82, 2.24) is 10.6 Å². The first-order chi connectivity index (χ1) is 16.5. The summed E-state index contributed by atoms with van der Waals surface area (Å²) in [5, 5.41) is 14.6. The number of carbonyl (C=O) groups excluding carboxylic acids is 2. The van der Waals surface area contributed by atoms with Gasteiger partial charge in [-0.25, -0.2) is 9.59 Å². The molecule has 0 radical (unpaired) electrons. The third-order valence-corrected chi connectivity index (χ3v) is 6.52. The minimum absolute atomic E-state index is 0.0296. The summed E-state index contributed by atoms with van der Waals surface area (Å²) in [5.41, 5.74) is 4.59. The molecule has 1 aliphatic carbocycles. The van der Waals surface area contributed by atoms with Crippen molar-refractivity contribution in [2.24, 2.45) is 5.92 Å². The molecule has 34 heavy (non-hydrogen) atoms. The van der Waals surface area contributed by atoms with Crippen molar-refractivity contribution in [2.45, 2.75) is 44.2 Å². The third-order valence-electron chi connectivity index (χ3n) is 6.52. The third kappa shape index (κ3) is 5.07. The van der Waals surface area contributed by atoms with Crippen molar-refractivity contribution in [3.8, 4) is 11.1 Å². The van der Waals surface area contributed by atoms with Crippen LogP contribution in [0.4, 0.5) is 4.79 Å². The minimum Gasteiger partial charge on any atom is -0.480 e. The number of nitrogens with one attached hydrogen (secondary N) is 2. The van der Waals surface area contributed by atoms with Crippen molar-refractivity contribution in [1.29, 1.82) is 0 Å². The molecular formula is C26H30N2O6. The largest absolute Gasteiger partial charge is 0.480 e. The second-order valence-corrected chi connectivity index (χ2v) is 8.73. The number of fused-ring (bicyclic) bond motifs is 3. The lowest BCUT2D eigenvalue weighted by atomic mass is 9.98. The SMILES string of the molecule is CCC[C@@H](NC(=O)[C@H]1OCC[C@H]1CNC(=O)OCC1c2ccccc2-c2ccccc21)C(=O)O. The molecule has 0 spiro atoms. The van der Waals surface area contributed by atoms with Gasteiger partial charge in [-0.2, -0.15) is 0 Å². The van der Waals surface area contributed by atoms with E-state index < -0.39 is 30.1 Å². The first-order valence-corrected chi connectivity index (χ1v) is 11.7. The van der Waals surface area contributed by atoms with Crippen LogP contribution < -0.4 is 10.6 Å². The molecule has 1 saturated heterocycles. The van der Waals surface area contributed by atoms with Gasteiger partial charge < -0.3 is 25.2 Å². The first kappa shape index (κ1) is 23.8. The number of carbonyl (C=O) groups is 3. The Hall–Kier alpha value is -3.39. The molecule has 3 N–H and O–H groups in total. The second kappa shape index (κ2) is 10.7. The summed E-state index contributed by atoms with van der Waals surface area (Å²) < 4.78 is 11.1. The summed E-state index contributed by atoms with van der Waals surface area (Å²) in [7, 11) is 0. The van der Waals surface area contributed by atoms with Crippen LogP contribution in [-0.4, -0.2) is 55.0 Å². The van der Waals surface area contributed by atoms with E-state index in [1.807, 2.05) is 31.2 Å². The van der Waals surface area contributed by atoms with Crippen LogP contribution in [-0.2, 0) is 19.1 Å². The van der Waals surface area contributed by atoms with Crippen LogP contribution in [0.1, 0.15) is 43.2 Å². The fraction of sp³-hybridized carbons (Fsp3) is 0.423. The van der Waals surface area contributed by atoms with Gasteiger partial charge in [0.25, 0.3) is 0 Å². The Bertz CT molecular complexity index is 1010. The zero-order valence-electron chi connectivity index (χ0n) is 19.2. The molecule has 2 aliphatic rings. The Morgan fingerprint density at radius 2 is 1.74 bits per heavy atom. The lowest BCUT2D eigenvalue weighted by Gasteiger charge is -2.21. The number of carboxylic acid groups (broad SMARTS) is 1. The van der Waals surface area contributed by atoms with Crippen molar-refractivity contribution >= 4 is 18.0 Å². The Kier molecular flexibility index (Phi) is 7.47. The molecule has 8 heteroatoms. The topological polar surface area (TPSA) is 114 Å². The molecule has 8 nitrogen and oxygen atoms in total. The number of aliphatic carboxylic acids is 1. The summed E-state index contributed by atoms with van der Waals surface area (Å²) in [4.78, 5) is 36.4. The van der Waals surface area contributed by atoms with Gasteiger partial charge in [0.15, 0.2) is 0 Å². The molecule has 180 valence electrons. The molecule has 0 bridgehead atoms. The fourth-order valence-electron chi connectivity index (χ4n) is 4.80. The Morgan fingerprint density at radius 1 is 1.09 bits per heavy atom. The molecule has 4 rings (SSSR count). The van der Waals surface area contributed by atoms with Gasteiger partial charge in [-0.1, -0.05) is 61.9 Å². The number of rotatable bonds is 9. The van der Waals surface area contributed by atoms with Gasteiger partial charge in [0, 0.05) is 25.0 Å². The van der Waals surface area contributed by atoms with E-state index in [-0.39, 0.29) is 25.0 Å². The highest BCUT2D eigenvalue weighted by Crippen LogP contribution is 2.44. The highest BCUT2D eigenvalue weighted by atomic mass is 16.5. The Balaban J connectivity index is 1.30. The van der Waals surface area contributed by atoms with Crippen molar-refractivity contribution in [3.63, 3.8) is 0 Å². The van der Waals surface area contributed by atoms with E-state index in [0.29, 0.717) is 25.9 Å². The first-order valence-electron chi connectivity index (χ1n) is 11.7. The molecule has 2 amide bonds. The number of alkyl carbamates (subject to hydrolysis) is 1. The normalized spacial score (nSPS) is 19.7. The summed E-state index contributed by atoms with van der Waals surface area (Å²) in [6, 6.07) is 15.3. The zero-order valence-corrected chi connectivity index (χ0v) is 19.2. The zero-order chi connectivity index (χ0) is 24.1. The quantitative estimate of drug-likeness (QED) is 0.523. The molecule has 2 aromatic rings. The van der Waals surface area contributed by atoms with Gasteiger partial charge >= 0.3 is 12.1 Å². The maximum atomic E-state index is 12.6. The van der Waals surface area contributed by atoms with Gasteiger partial charge in [0.2, 0.25) is 5.91 Å². The van der Waals surface area contributed by atoms with Crippen LogP contribution >= 0.6 is 0 Å². The van der Waals surface area contributed by atoms with E-state index >= 15 is 0 Å². The number of benzene rings is 2. The van der Waals surface area contributed by atoms with E-state index in [4.69, 9.17) is 9.47 Å². The maximum absolute atomic E-state index is 12.6. The molecular weight excluding hydrogens is 436 g/mol. The highest BCUT2D eigenvalue weighted by Gasteiger charge is 2.36. The van der Waals surface area contributed by atoms with Crippen LogP contribution in [0.5, 0.6) is 0 Å². The lowest BCUT2D eigenvalue weighted by molar-refractivity contribution is -0.144. The molecule has 2 aromatic carbocycles. The average molecular weight is 467 g/mol. The summed E-state index contributed by atoms with van der Waals surface area (Å²) in [6.07, 6.45) is 0.217. The van der Waals surface area contributed by atoms with E-state index in [2.05, 4.69) is 34.9 Å². The number of carboxylic acids is 1. The molecule has 1 aliphatic heterocycles. The molecule has 3 atom stereocenters. The molecule has 0 saturated carbocycles. The van der Waals surface area contributed by atoms with E-state index in [1.54, 1.807) is 0 Å². The molecule has 1 heterocycles. The smallest absolute Gasteiger partial charge is 0.407 e. The van der Waals surface area contributed by atoms with Crippen molar-refractivity contribution in [3.05, 3.63) is 59.7 Å². The van der Waals surface area contributed by atoms with Crippen LogP contribution in [0.2, 0.25) is 0 Å². The predicted molar refractivity (Wildman–Crippen MR) is 125 cm³/mol. The van der Waals surface area contributed by atoms with Crippen LogP contribution in [0.25, 0.3) is 11.1 Å². The minimum atomic E-state index is -1.07. The standard InChI is InChI=1S/C26H30N2O6/c1-2-7-22(25(30)31)28-24(29)23-16(12-13-33-23)14-27-26(32)34-15-21-19-10-5-3-8-17(19)18-9-4-6-11-20(18)21/h3-6,8-11,16,21-23H,2,7,12-15H2,1H3,(H,27,32)(H,28,29)(H,30,31)/t16-,22+,23-/m0/s1. The number of hydrogen-bond acceptors (Lipinski definition) is 5. The van der Waals surface area contributed by atoms with Gasteiger partial charge in [-0.3, -0.25) is 4.79 Å². The Labute approximate surface area is 198 Å². The number of hydrogen-bond donors (Lipinski definition) is 3. The van der Waals surface area contributed by atoms with Crippen LogP contribution in [0, 0.1) is 5.92 Å². The van der Waals surface area contributed by atoms with Gasteiger partial charge in [-0.15, -0.1) is 0 Å². The summed E-state index contributed by atoms with van der Waals surface area (Å²) in [5.74, 6) is -1.81.